The molecular weight excluding hydrogens is 661 g/mol. The van der Waals surface area contributed by atoms with E-state index in [0.29, 0.717) is 49.1 Å². The minimum absolute atomic E-state index is 0.132. The third-order valence-corrected chi connectivity index (χ3v) is 10.5. The number of anilines is 2. The summed E-state index contributed by atoms with van der Waals surface area (Å²) in [5.41, 5.74) is 6.10. The van der Waals surface area contributed by atoms with E-state index in [1.807, 2.05) is 29.7 Å². The molecule has 0 spiro atoms. The predicted octanol–water partition coefficient (Wildman–Crippen LogP) is 8.41. The van der Waals surface area contributed by atoms with E-state index >= 15 is 0 Å². The van der Waals surface area contributed by atoms with Gasteiger partial charge in [0.05, 0.1) is 29.3 Å². The Balaban J connectivity index is 1.32. The zero-order valence-corrected chi connectivity index (χ0v) is 31.3. The molecule has 9 nitrogen and oxygen atoms in total. The molecule has 0 bridgehead atoms. The second-order valence-corrected chi connectivity index (χ2v) is 15.5. The molecule has 0 saturated heterocycles. The van der Waals surface area contributed by atoms with Crippen LogP contribution < -0.4 is 15.0 Å². The molecular formula is C41H52N4O5S. The molecule has 1 aliphatic heterocycles. The Morgan fingerprint density at radius 2 is 1.71 bits per heavy atom. The first-order valence-corrected chi connectivity index (χ1v) is 19.9. The van der Waals surface area contributed by atoms with Crippen molar-refractivity contribution in [1.82, 2.24) is 9.55 Å². The third-order valence-electron chi connectivity index (χ3n) is 8.85. The van der Waals surface area contributed by atoms with Crippen molar-refractivity contribution >= 4 is 33.2 Å². The van der Waals surface area contributed by atoms with E-state index in [0.717, 1.165) is 73.5 Å². The molecule has 0 unspecified atom stereocenters. The predicted molar refractivity (Wildman–Crippen MR) is 206 cm³/mol. The first-order valence-electron chi connectivity index (χ1n) is 18.2. The molecule has 4 aromatic rings. The number of nitrogens with one attached hydrogen (secondary N) is 1. The van der Waals surface area contributed by atoms with Crippen molar-refractivity contribution in [3.8, 4) is 16.9 Å². The zero-order chi connectivity index (χ0) is 36.2. The van der Waals surface area contributed by atoms with E-state index in [9.17, 15) is 13.2 Å². The number of nitrogens with zero attached hydrogens (tertiary/aromatic N) is 3. The maximum atomic E-state index is 13.7. The summed E-state index contributed by atoms with van der Waals surface area (Å²) in [4.78, 5) is 20.5. The summed E-state index contributed by atoms with van der Waals surface area (Å²) in [5.74, 6) is 0.963. The molecule has 0 saturated carbocycles. The van der Waals surface area contributed by atoms with Crippen molar-refractivity contribution in [3.63, 3.8) is 0 Å². The highest BCUT2D eigenvalue weighted by Crippen LogP contribution is 2.33. The number of aromatic nitrogens is 2. The normalized spacial score (nSPS) is 14.4. The molecule has 0 aliphatic carbocycles. The molecule has 1 aromatic heterocycles. The van der Waals surface area contributed by atoms with E-state index in [2.05, 4.69) is 66.3 Å². The van der Waals surface area contributed by atoms with Gasteiger partial charge >= 0.3 is 0 Å². The summed E-state index contributed by atoms with van der Waals surface area (Å²) < 4.78 is 39.7. The number of carbonyl (C=O) groups excluding carboxylic acids is 1. The molecule has 5 rings (SSSR count). The Kier molecular flexibility index (Phi) is 13.5. The van der Waals surface area contributed by atoms with Crippen LogP contribution in [0.4, 0.5) is 11.4 Å². The van der Waals surface area contributed by atoms with Crippen molar-refractivity contribution in [2.75, 3.05) is 43.1 Å². The third kappa shape index (κ3) is 10.6. The quantitative estimate of drug-likeness (QED) is 0.110. The fourth-order valence-electron chi connectivity index (χ4n) is 6.24. The van der Waals surface area contributed by atoms with Gasteiger partial charge in [0.15, 0.2) is 9.84 Å². The lowest BCUT2D eigenvalue weighted by Gasteiger charge is -2.30. The van der Waals surface area contributed by atoms with E-state index in [-0.39, 0.29) is 16.6 Å². The van der Waals surface area contributed by atoms with Gasteiger partial charge in [0, 0.05) is 49.4 Å². The van der Waals surface area contributed by atoms with Crippen LogP contribution in [0.25, 0.3) is 17.2 Å². The van der Waals surface area contributed by atoms with Gasteiger partial charge < -0.3 is 24.3 Å². The Morgan fingerprint density at radius 3 is 2.43 bits per heavy atom. The van der Waals surface area contributed by atoms with Crippen LogP contribution in [-0.2, 0) is 31.7 Å². The van der Waals surface area contributed by atoms with Crippen LogP contribution in [0.15, 0.2) is 89.7 Å². The van der Waals surface area contributed by atoms with Gasteiger partial charge in [-0.15, -0.1) is 0 Å². The zero-order valence-electron chi connectivity index (χ0n) is 30.4. The lowest BCUT2D eigenvalue weighted by atomic mass is 9.96. The van der Waals surface area contributed by atoms with Crippen molar-refractivity contribution in [1.29, 1.82) is 0 Å². The van der Waals surface area contributed by atoms with Gasteiger partial charge in [0.1, 0.15) is 12.4 Å². The number of aryl methyl sites for hydroxylation is 1. The number of imidazole rings is 1. The second-order valence-electron chi connectivity index (χ2n) is 13.5. The van der Waals surface area contributed by atoms with Crippen LogP contribution in [0.5, 0.6) is 5.75 Å². The maximum absolute atomic E-state index is 13.7. The maximum Gasteiger partial charge on any atom is 0.251 e. The number of unbranched alkanes of at least 4 members (excludes halogenated alkanes) is 1. The summed E-state index contributed by atoms with van der Waals surface area (Å²) in [7, 11) is -3.59. The van der Waals surface area contributed by atoms with Gasteiger partial charge in [-0.1, -0.05) is 52.3 Å². The number of ether oxygens (including phenoxy) is 2. The van der Waals surface area contributed by atoms with Gasteiger partial charge in [0.25, 0.3) is 5.91 Å². The fraction of sp³-hybridized carbons (Fsp3) is 0.415. The van der Waals surface area contributed by atoms with Crippen LogP contribution in [-0.4, -0.2) is 56.8 Å². The van der Waals surface area contributed by atoms with Crippen LogP contribution in [0, 0.1) is 5.92 Å². The lowest BCUT2D eigenvalue weighted by molar-refractivity contribution is -0.112. The number of amides is 1. The summed E-state index contributed by atoms with van der Waals surface area (Å²) in [6, 6.07) is 21.0. The van der Waals surface area contributed by atoms with Crippen LogP contribution in [0.2, 0.25) is 0 Å². The van der Waals surface area contributed by atoms with E-state index < -0.39 is 9.84 Å². The number of rotatable bonds is 17. The van der Waals surface area contributed by atoms with Crippen molar-refractivity contribution < 1.29 is 22.7 Å². The number of sulfone groups is 1. The molecule has 3 aromatic carbocycles. The molecule has 1 amide bonds. The fourth-order valence-corrected chi connectivity index (χ4v) is 7.59. The van der Waals surface area contributed by atoms with E-state index in [1.165, 1.54) is 0 Å². The highest BCUT2D eigenvalue weighted by atomic mass is 32.2. The smallest absolute Gasteiger partial charge is 0.251 e. The lowest BCUT2D eigenvalue weighted by Crippen LogP contribution is -2.30. The van der Waals surface area contributed by atoms with Crippen LogP contribution in [0.3, 0.4) is 0 Å². The van der Waals surface area contributed by atoms with E-state index in [4.69, 9.17) is 9.47 Å². The molecule has 1 N–H and O–H groups in total. The molecule has 0 atom stereocenters. The first-order chi connectivity index (χ1) is 24.7. The number of hydrogen-bond acceptors (Lipinski definition) is 7. The standard InChI is InChI=1S/C41H52N4O5S/c1-5-7-22-49-23-24-50-38-15-10-32(11-16-38)33-12-19-40-35(25-33)26-34(9-8-21-44(40)28-31(3)4)41(46)43-36-13-17-39(18-14-36)51(47,48)29-37-27-42-30-45(37)20-6-2/h10-19,25-27,30-31H,5-9,20-24,28-29H2,1-4H3,(H,43,46)/b34-26+. The Morgan fingerprint density at radius 1 is 0.941 bits per heavy atom. The van der Waals surface area contributed by atoms with Gasteiger partial charge in [-0.3, -0.25) is 4.79 Å². The van der Waals surface area contributed by atoms with Gasteiger partial charge in [-0.05, 0) is 103 Å². The second kappa shape index (κ2) is 18.2. The topological polar surface area (TPSA) is 103 Å². The largest absolute Gasteiger partial charge is 0.491 e. The average molecular weight is 713 g/mol. The number of benzene rings is 3. The number of hydrogen-bond donors (Lipinski definition) is 1. The minimum Gasteiger partial charge on any atom is -0.491 e. The Labute approximate surface area is 303 Å². The monoisotopic (exact) mass is 712 g/mol. The molecule has 0 fully saturated rings. The summed E-state index contributed by atoms with van der Waals surface area (Å²) >= 11 is 0. The Bertz CT molecular complexity index is 1860. The van der Waals surface area contributed by atoms with E-state index in [1.54, 1.807) is 36.8 Å². The summed E-state index contributed by atoms with van der Waals surface area (Å²) in [5, 5.41) is 3.01. The molecule has 1 aliphatic rings. The van der Waals surface area contributed by atoms with Gasteiger partial charge in [0.2, 0.25) is 0 Å². The highest BCUT2D eigenvalue weighted by molar-refractivity contribution is 7.90. The van der Waals surface area contributed by atoms with Gasteiger partial charge in [-0.2, -0.15) is 0 Å². The molecule has 51 heavy (non-hydrogen) atoms. The van der Waals surface area contributed by atoms with Crippen molar-refractivity contribution in [2.24, 2.45) is 5.92 Å². The molecule has 0 radical (unpaired) electrons. The first kappa shape index (κ1) is 37.8. The summed E-state index contributed by atoms with van der Waals surface area (Å²) in [6.45, 7) is 13.0. The van der Waals surface area contributed by atoms with Crippen LogP contribution >= 0.6 is 0 Å². The van der Waals surface area contributed by atoms with Crippen LogP contribution in [0.1, 0.15) is 71.1 Å². The SMILES string of the molecule is CCCCOCCOc1ccc(-c2ccc3c(c2)/C=C(/C(=O)Nc2ccc(S(=O)(=O)Cc4cncn4CCC)cc2)CCCN3CC(C)C)cc1. The van der Waals surface area contributed by atoms with Gasteiger partial charge in [-0.25, -0.2) is 13.4 Å². The number of carbonyl (C=O) groups is 1. The molecule has 10 heteroatoms. The molecule has 2 heterocycles. The average Bonchev–Trinajstić information content (AvgIpc) is 3.53. The Hall–Kier alpha value is -4.41. The highest BCUT2D eigenvalue weighted by Gasteiger charge is 2.21. The number of fused-ring (bicyclic) bond motifs is 1. The van der Waals surface area contributed by atoms with Crippen molar-refractivity contribution in [3.05, 3.63) is 96.1 Å². The molecule has 272 valence electrons. The summed E-state index contributed by atoms with van der Waals surface area (Å²) in [6.07, 6.45) is 9.80. The minimum atomic E-state index is -3.59. The van der Waals surface area contributed by atoms with Crippen molar-refractivity contribution in [2.45, 2.75) is 77.0 Å².